The van der Waals surface area contributed by atoms with Crippen LogP contribution in [0.4, 0.5) is 11.4 Å². The molecule has 0 fully saturated rings. The van der Waals surface area contributed by atoms with Gasteiger partial charge in [0.1, 0.15) is 5.60 Å². The number of nitrogens with one attached hydrogen (secondary N) is 1. The second-order valence-corrected chi connectivity index (χ2v) is 4.84. The van der Waals surface area contributed by atoms with Crippen LogP contribution in [-0.4, -0.2) is 18.6 Å². The van der Waals surface area contributed by atoms with Crippen LogP contribution in [0.2, 0.25) is 5.02 Å². The highest BCUT2D eigenvalue weighted by Crippen LogP contribution is 2.28. The molecule has 0 aliphatic heterocycles. The molecule has 0 aromatic heterocycles. The number of hydrogen-bond acceptors (Lipinski definition) is 3. The van der Waals surface area contributed by atoms with Gasteiger partial charge in [-0.25, -0.2) is 0 Å². The molecule has 0 saturated heterocycles. The summed E-state index contributed by atoms with van der Waals surface area (Å²) >= 11 is 5.94. The van der Waals surface area contributed by atoms with Gasteiger partial charge in [-0.15, -0.1) is 0 Å². The number of methoxy groups -OCH3 is 1. The van der Waals surface area contributed by atoms with Crippen molar-refractivity contribution in [1.82, 2.24) is 0 Å². The standard InChI is InChI=1S/C13H19ClN2O2/c1-5-13(3,18-4)12(17)16-11-7-9(14)10(15)6-8(11)2/h6-7H,5,15H2,1-4H3,(H,16,17). The molecule has 1 amide bonds. The molecule has 4 nitrogen and oxygen atoms in total. The number of aryl methyl sites for hydroxylation is 1. The van der Waals surface area contributed by atoms with Gasteiger partial charge >= 0.3 is 0 Å². The number of hydrogen-bond donors (Lipinski definition) is 2. The van der Waals surface area contributed by atoms with Gasteiger partial charge in [0.2, 0.25) is 0 Å². The Labute approximate surface area is 112 Å². The highest BCUT2D eigenvalue weighted by atomic mass is 35.5. The quantitative estimate of drug-likeness (QED) is 0.827. The minimum Gasteiger partial charge on any atom is -0.398 e. The smallest absolute Gasteiger partial charge is 0.256 e. The van der Waals surface area contributed by atoms with E-state index in [-0.39, 0.29) is 5.91 Å². The zero-order valence-corrected chi connectivity index (χ0v) is 11.9. The largest absolute Gasteiger partial charge is 0.398 e. The number of nitrogen functional groups attached to an aromatic ring is 1. The van der Waals surface area contributed by atoms with Crippen molar-refractivity contribution in [3.05, 3.63) is 22.7 Å². The summed E-state index contributed by atoms with van der Waals surface area (Å²) in [6.45, 7) is 5.50. The Morgan fingerprint density at radius 1 is 1.56 bits per heavy atom. The number of benzene rings is 1. The van der Waals surface area contributed by atoms with E-state index in [1.807, 2.05) is 13.8 Å². The predicted octanol–water partition coefficient (Wildman–Crippen LogP) is 2.98. The summed E-state index contributed by atoms with van der Waals surface area (Å²) in [5.41, 5.74) is 6.85. The van der Waals surface area contributed by atoms with E-state index in [2.05, 4.69) is 5.32 Å². The number of amides is 1. The lowest BCUT2D eigenvalue weighted by Gasteiger charge is -2.25. The molecule has 1 aromatic carbocycles. The Bertz CT molecular complexity index is 457. The van der Waals surface area contributed by atoms with Gasteiger partial charge < -0.3 is 15.8 Å². The second-order valence-electron chi connectivity index (χ2n) is 4.43. The van der Waals surface area contributed by atoms with E-state index >= 15 is 0 Å². The Morgan fingerprint density at radius 2 is 2.17 bits per heavy atom. The topological polar surface area (TPSA) is 64.3 Å². The summed E-state index contributed by atoms with van der Waals surface area (Å²) in [5, 5.41) is 3.24. The molecule has 18 heavy (non-hydrogen) atoms. The number of carbonyl (C=O) groups is 1. The van der Waals surface area contributed by atoms with Crippen molar-refractivity contribution < 1.29 is 9.53 Å². The average molecular weight is 271 g/mol. The van der Waals surface area contributed by atoms with E-state index in [1.54, 1.807) is 19.1 Å². The van der Waals surface area contributed by atoms with E-state index in [4.69, 9.17) is 22.1 Å². The van der Waals surface area contributed by atoms with Crippen molar-refractivity contribution in [1.29, 1.82) is 0 Å². The van der Waals surface area contributed by atoms with Crippen molar-refractivity contribution >= 4 is 28.9 Å². The van der Waals surface area contributed by atoms with E-state index in [9.17, 15) is 4.79 Å². The van der Waals surface area contributed by atoms with Crippen LogP contribution < -0.4 is 11.1 Å². The SMILES string of the molecule is CCC(C)(OC)C(=O)Nc1cc(Cl)c(N)cc1C. The van der Waals surface area contributed by atoms with Crippen LogP contribution in [-0.2, 0) is 9.53 Å². The summed E-state index contributed by atoms with van der Waals surface area (Å²) in [7, 11) is 1.52. The van der Waals surface area contributed by atoms with Crippen LogP contribution in [0.5, 0.6) is 0 Å². The van der Waals surface area contributed by atoms with E-state index < -0.39 is 5.60 Å². The van der Waals surface area contributed by atoms with Crippen LogP contribution in [0.3, 0.4) is 0 Å². The fourth-order valence-corrected chi connectivity index (χ4v) is 1.65. The van der Waals surface area contributed by atoms with Gasteiger partial charge in [0.05, 0.1) is 10.7 Å². The van der Waals surface area contributed by atoms with Crippen LogP contribution >= 0.6 is 11.6 Å². The lowest BCUT2D eigenvalue weighted by atomic mass is 10.0. The first kappa shape index (κ1) is 14.8. The zero-order valence-electron chi connectivity index (χ0n) is 11.1. The van der Waals surface area contributed by atoms with Crippen molar-refractivity contribution in [2.75, 3.05) is 18.2 Å². The predicted molar refractivity (Wildman–Crippen MR) is 74.9 cm³/mol. The molecule has 0 saturated carbocycles. The third-order valence-corrected chi connectivity index (χ3v) is 3.52. The number of carbonyl (C=O) groups excluding carboxylic acids is 1. The van der Waals surface area contributed by atoms with Crippen molar-refractivity contribution in [2.24, 2.45) is 0 Å². The monoisotopic (exact) mass is 270 g/mol. The normalized spacial score (nSPS) is 14.1. The first-order valence-electron chi connectivity index (χ1n) is 5.76. The molecular formula is C13H19ClN2O2. The summed E-state index contributed by atoms with van der Waals surface area (Å²) in [4.78, 5) is 12.1. The lowest BCUT2D eigenvalue weighted by Crippen LogP contribution is -2.41. The molecule has 0 radical (unpaired) electrons. The molecule has 0 spiro atoms. The van der Waals surface area contributed by atoms with Gasteiger partial charge in [-0.2, -0.15) is 0 Å². The van der Waals surface area contributed by atoms with Gasteiger partial charge in [-0.05, 0) is 38.0 Å². The molecule has 0 heterocycles. The summed E-state index contributed by atoms with van der Waals surface area (Å²) in [5.74, 6) is -0.198. The maximum Gasteiger partial charge on any atom is 0.256 e. The van der Waals surface area contributed by atoms with E-state index in [0.29, 0.717) is 22.8 Å². The first-order chi connectivity index (χ1) is 8.34. The average Bonchev–Trinajstić information content (AvgIpc) is 2.34. The Hall–Kier alpha value is -1.26. The number of nitrogens with two attached hydrogens (primary N) is 1. The molecule has 1 aromatic rings. The number of ether oxygens (including phenoxy) is 1. The highest BCUT2D eigenvalue weighted by Gasteiger charge is 2.31. The van der Waals surface area contributed by atoms with Crippen LogP contribution in [0.25, 0.3) is 0 Å². The maximum atomic E-state index is 12.1. The van der Waals surface area contributed by atoms with E-state index in [1.165, 1.54) is 7.11 Å². The molecule has 1 unspecified atom stereocenters. The maximum absolute atomic E-state index is 12.1. The van der Waals surface area contributed by atoms with Crippen molar-refractivity contribution in [3.63, 3.8) is 0 Å². The molecular weight excluding hydrogens is 252 g/mol. The Kier molecular flexibility index (Phi) is 4.59. The molecule has 3 N–H and O–H groups in total. The zero-order chi connectivity index (χ0) is 13.9. The number of halogens is 1. The second kappa shape index (κ2) is 5.59. The summed E-state index contributed by atoms with van der Waals surface area (Å²) in [6.07, 6.45) is 0.580. The molecule has 5 heteroatoms. The molecule has 0 aliphatic carbocycles. The molecule has 0 aliphatic rings. The lowest BCUT2D eigenvalue weighted by molar-refractivity contribution is -0.136. The highest BCUT2D eigenvalue weighted by molar-refractivity contribution is 6.33. The van der Waals surface area contributed by atoms with Gasteiger partial charge in [0.15, 0.2) is 0 Å². The first-order valence-corrected chi connectivity index (χ1v) is 6.14. The van der Waals surface area contributed by atoms with Crippen LogP contribution in [0.15, 0.2) is 12.1 Å². The van der Waals surface area contributed by atoms with Crippen molar-refractivity contribution in [2.45, 2.75) is 32.8 Å². The van der Waals surface area contributed by atoms with Gasteiger partial charge in [-0.3, -0.25) is 4.79 Å². The fraction of sp³-hybridized carbons (Fsp3) is 0.462. The molecule has 100 valence electrons. The van der Waals surface area contributed by atoms with Crippen LogP contribution in [0.1, 0.15) is 25.8 Å². The number of rotatable bonds is 4. The minimum absolute atomic E-state index is 0.198. The fourth-order valence-electron chi connectivity index (χ4n) is 1.49. The summed E-state index contributed by atoms with van der Waals surface area (Å²) in [6, 6.07) is 3.38. The molecule has 1 atom stereocenters. The number of anilines is 2. The van der Waals surface area contributed by atoms with Crippen LogP contribution in [0, 0.1) is 6.92 Å². The molecule has 1 rings (SSSR count). The van der Waals surface area contributed by atoms with Crippen molar-refractivity contribution in [3.8, 4) is 0 Å². The summed E-state index contributed by atoms with van der Waals surface area (Å²) < 4.78 is 5.25. The Balaban J connectivity index is 2.98. The third-order valence-electron chi connectivity index (χ3n) is 3.20. The van der Waals surface area contributed by atoms with Gasteiger partial charge in [0, 0.05) is 12.8 Å². The van der Waals surface area contributed by atoms with Gasteiger partial charge in [0.25, 0.3) is 5.91 Å². The van der Waals surface area contributed by atoms with Gasteiger partial charge in [-0.1, -0.05) is 18.5 Å². The third kappa shape index (κ3) is 2.94. The minimum atomic E-state index is -0.847. The molecule has 0 bridgehead atoms. The Morgan fingerprint density at radius 3 is 2.67 bits per heavy atom. The van der Waals surface area contributed by atoms with E-state index in [0.717, 1.165) is 5.56 Å².